The summed E-state index contributed by atoms with van der Waals surface area (Å²) in [6, 6.07) is 3.01. The van der Waals surface area contributed by atoms with Gasteiger partial charge in [0.2, 0.25) is 10.0 Å². The predicted octanol–water partition coefficient (Wildman–Crippen LogP) is 3.40. The number of aromatic nitrogens is 1. The van der Waals surface area contributed by atoms with Crippen LogP contribution in [0.4, 0.5) is 40.8 Å². The highest BCUT2D eigenvalue weighted by atomic mass is 32.2. The molecule has 2 fully saturated rings. The van der Waals surface area contributed by atoms with Gasteiger partial charge in [0.1, 0.15) is 11.6 Å². The minimum absolute atomic E-state index is 0.0140. The van der Waals surface area contributed by atoms with E-state index in [4.69, 9.17) is 4.84 Å². The molecule has 2 aromatic rings. The molecule has 1 aliphatic heterocycles. The van der Waals surface area contributed by atoms with Crippen LogP contribution < -0.4 is 20.4 Å². The highest BCUT2D eigenvalue weighted by Crippen LogP contribution is 2.45. The first-order valence-corrected chi connectivity index (χ1v) is 13.5. The number of carbonyl (C=O) groups excluding carboxylic acids is 2. The average Bonchev–Trinajstić information content (AvgIpc) is 3.65. The van der Waals surface area contributed by atoms with Crippen molar-refractivity contribution in [1.82, 2.24) is 15.4 Å². The molecule has 38 heavy (non-hydrogen) atoms. The van der Waals surface area contributed by atoms with Crippen molar-refractivity contribution in [3.8, 4) is 0 Å². The minimum Gasteiger partial charge on any atom is -0.353 e. The number of benzene rings is 1. The summed E-state index contributed by atoms with van der Waals surface area (Å²) < 4.78 is 67.0. The maximum Gasteiger partial charge on any atom is 0.323 e. The molecular formula is C23H27F3N6O5S. The average molecular weight is 557 g/mol. The normalized spacial score (nSPS) is 16.4. The molecule has 1 saturated heterocycles. The summed E-state index contributed by atoms with van der Waals surface area (Å²) in [4.78, 5) is 34.9. The number of hydroxylamine groups is 1. The second-order valence-corrected chi connectivity index (χ2v) is 11.2. The van der Waals surface area contributed by atoms with E-state index in [1.54, 1.807) is 6.92 Å². The first kappa shape index (κ1) is 27.4. The maximum absolute atomic E-state index is 15.0. The Labute approximate surface area is 217 Å². The van der Waals surface area contributed by atoms with Crippen LogP contribution in [0.5, 0.6) is 0 Å². The number of anilines is 4. The van der Waals surface area contributed by atoms with E-state index in [9.17, 15) is 26.8 Å². The first-order valence-electron chi connectivity index (χ1n) is 11.7. The van der Waals surface area contributed by atoms with E-state index in [2.05, 4.69) is 21.1 Å². The van der Waals surface area contributed by atoms with Crippen LogP contribution in [0.15, 0.2) is 24.4 Å². The SMILES string of the molecule is CCONC(=O)c1cnc(NC(=O)N2CC(F)(F)C2)cc1Nc1cc(F)c(C2CC2)cc1N(C)S(C)(=O)=O. The molecule has 15 heteroatoms. The molecule has 1 saturated carbocycles. The van der Waals surface area contributed by atoms with Gasteiger partial charge in [0, 0.05) is 19.3 Å². The third-order valence-corrected chi connectivity index (χ3v) is 7.25. The summed E-state index contributed by atoms with van der Waals surface area (Å²) in [7, 11) is -2.43. The van der Waals surface area contributed by atoms with E-state index >= 15 is 4.39 Å². The number of rotatable bonds is 9. The molecule has 1 aromatic heterocycles. The Bertz CT molecular complexity index is 1360. The van der Waals surface area contributed by atoms with Gasteiger partial charge in [-0.15, -0.1) is 0 Å². The second kappa shape index (κ2) is 10.3. The highest BCUT2D eigenvalue weighted by molar-refractivity contribution is 7.92. The van der Waals surface area contributed by atoms with Gasteiger partial charge >= 0.3 is 6.03 Å². The number of likely N-dealkylation sites (tertiary alicyclic amines) is 1. The maximum atomic E-state index is 15.0. The lowest BCUT2D eigenvalue weighted by atomic mass is 10.1. The summed E-state index contributed by atoms with van der Waals surface area (Å²) in [5.74, 6) is -4.34. The first-order chi connectivity index (χ1) is 17.8. The molecule has 3 amide bonds. The number of hydrogen-bond acceptors (Lipinski definition) is 7. The lowest BCUT2D eigenvalue weighted by molar-refractivity contribution is -0.107. The Morgan fingerprint density at radius 1 is 1.21 bits per heavy atom. The van der Waals surface area contributed by atoms with Crippen LogP contribution in [0.2, 0.25) is 0 Å². The van der Waals surface area contributed by atoms with E-state index in [0.717, 1.165) is 40.6 Å². The van der Waals surface area contributed by atoms with Gasteiger partial charge < -0.3 is 10.2 Å². The van der Waals surface area contributed by atoms with Crippen molar-refractivity contribution < 1.29 is 36.0 Å². The van der Waals surface area contributed by atoms with Crippen LogP contribution in [0, 0.1) is 5.82 Å². The Morgan fingerprint density at radius 2 is 1.89 bits per heavy atom. The van der Waals surface area contributed by atoms with Crippen LogP contribution in [-0.2, 0) is 14.9 Å². The van der Waals surface area contributed by atoms with Crippen LogP contribution in [-0.4, -0.2) is 69.2 Å². The highest BCUT2D eigenvalue weighted by Gasteiger charge is 2.46. The summed E-state index contributed by atoms with van der Waals surface area (Å²) in [5, 5.41) is 5.26. The number of hydrogen-bond donors (Lipinski definition) is 3. The van der Waals surface area contributed by atoms with Crippen molar-refractivity contribution in [1.29, 1.82) is 0 Å². The fourth-order valence-electron chi connectivity index (χ4n) is 3.81. The number of alkyl halides is 2. The number of halogens is 3. The van der Waals surface area contributed by atoms with Gasteiger partial charge in [0.05, 0.1) is 48.6 Å². The quantitative estimate of drug-likeness (QED) is 0.403. The third-order valence-electron chi connectivity index (χ3n) is 6.06. The third kappa shape index (κ3) is 6.10. The zero-order chi connectivity index (χ0) is 27.8. The summed E-state index contributed by atoms with van der Waals surface area (Å²) in [5.41, 5.74) is 2.69. The van der Waals surface area contributed by atoms with E-state index in [1.165, 1.54) is 19.2 Å². The van der Waals surface area contributed by atoms with Gasteiger partial charge in [-0.3, -0.25) is 19.3 Å². The number of urea groups is 1. The number of pyridine rings is 1. The van der Waals surface area contributed by atoms with Crippen LogP contribution in [0.1, 0.15) is 41.6 Å². The molecule has 0 bridgehead atoms. The van der Waals surface area contributed by atoms with Crippen LogP contribution in [0.25, 0.3) is 0 Å². The fraction of sp³-hybridized carbons (Fsp3) is 0.435. The topological polar surface area (TPSA) is 133 Å². The van der Waals surface area contributed by atoms with Crippen LogP contribution in [0.3, 0.4) is 0 Å². The molecule has 1 aliphatic carbocycles. The number of amides is 3. The number of nitrogens with one attached hydrogen (secondary N) is 3. The molecule has 0 unspecified atom stereocenters. The monoisotopic (exact) mass is 556 g/mol. The zero-order valence-electron chi connectivity index (χ0n) is 20.8. The van der Waals surface area contributed by atoms with Crippen molar-refractivity contribution >= 4 is 44.8 Å². The largest absolute Gasteiger partial charge is 0.353 e. The molecule has 0 spiro atoms. The number of nitrogens with zero attached hydrogens (tertiary/aromatic N) is 3. The van der Waals surface area contributed by atoms with Gasteiger partial charge in [-0.25, -0.2) is 36.8 Å². The van der Waals surface area contributed by atoms with Crippen LogP contribution >= 0.6 is 0 Å². The van der Waals surface area contributed by atoms with E-state index in [0.29, 0.717) is 5.56 Å². The Morgan fingerprint density at radius 3 is 2.47 bits per heavy atom. The summed E-state index contributed by atoms with van der Waals surface area (Å²) in [6.45, 7) is 0.319. The van der Waals surface area contributed by atoms with E-state index in [-0.39, 0.29) is 41.0 Å². The van der Waals surface area contributed by atoms with Gasteiger partial charge in [0.25, 0.3) is 11.8 Å². The molecule has 3 N–H and O–H groups in total. The molecule has 2 aliphatic rings. The van der Waals surface area contributed by atoms with Gasteiger partial charge in [-0.2, -0.15) is 0 Å². The van der Waals surface area contributed by atoms with Crippen molar-refractivity contribution in [3.63, 3.8) is 0 Å². The molecule has 2 heterocycles. The van der Waals surface area contributed by atoms with Crippen molar-refractivity contribution in [2.45, 2.75) is 31.6 Å². The van der Waals surface area contributed by atoms with Gasteiger partial charge in [-0.1, -0.05) is 0 Å². The molecule has 4 rings (SSSR count). The number of carbonyl (C=O) groups is 2. The standard InChI is InChI=1S/C23H27F3N6O5S/c1-4-37-30-21(33)15-10-27-20(29-22(34)32-11-23(25,26)12-32)9-17(15)28-18-8-16(24)14(13-5-6-13)7-19(18)31(2)38(3,35)36/h7-10,13H,4-6,11-12H2,1-3H3,(H,30,33)(H2,27,28,29,34). The summed E-state index contributed by atoms with van der Waals surface area (Å²) >= 11 is 0. The summed E-state index contributed by atoms with van der Waals surface area (Å²) in [6.07, 6.45) is 3.66. The zero-order valence-corrected chi connectivity index (χ0v) is 21.7. The Kier molecular flexibility index (Phi) is 7.43. The lowest BCUT2D eigenvalue weighted by Gasteiger charge is -2.38. The van der Waals surface area contributed by atoms with Gasteiger partial charge in [-0.05, 0) is 43.4 Å². The molecule has 206 valence electrons. The number of sulfonamides is 1. The van der Waals surface area contributed by atoms with Crippen molar-refractivity contribution in [3.05, 3.63) is 41.3 Å². The molecule has 0 atom stereocenters. The Hall–Kier alpha value is -3.59. The second-order valence-electron chi connectivity index (χ2n) is 9.14. The Balaban J connectivity index is 1.71. The predicted molar refractivity (Wildman–Crippen MR) is 134 cm³/mol. The van der Waals surface area contributed by atoms with Crippen molar-refractivity contribution in [2.24, 2.45) is 0 Å². The smallest absolute Gasteiger partial charge is 0.323 e. The molecular weight excluding hydrogens is 529 g/mol. The van der Waals surface area contributed by atoms with Crippen molar-refractivity contribution in [2.75, 3.05) is 47.9 Å². The van der Waals surface area contributed by atoms with E-state index < -0.39 is 46.8 Å². The lowest BCUT2D eigenvalue weighted by Crippen LogP contribution is -2.59. The minimum atomic E-state index is -3.75. The molecule has 1 aromatic carbocycles. The molecule has 11 nitrogen and oxygen atoms in total. The fourth-order valence-corrected chi connectivity index (χ4v) is 4.32. The molecule has 0 radical (unpaired) electrons. The van der Waals surface area contributed by atoms with Gasteiger partial charge in [0.15, 0.2) is 0 Å². The van der Waals surface area contributed by atoms with E-state index in [1.807, 2.05) is 0 Å².